The van der Waals surface area contributed by atoms with E-state index in [0.717, 1.165) is 15.0 Å². The van der Waals surface area contributed by atoms with Gasteiger partial charge in [-0.25, -0.2) is 4.79 Å². The second-order valence-corrected chi connectivity index (χ2v) is 7.53. The summed E-state index contributed by atoms with van der Waals surface area (Å²) in [6.07, 6.45) is 0. The number of ether oxygens (including phenoxy) is 1. The van der Waals surface area contributed by atoms with Crippen LogP contribution in [-0.4, -0.2) is 18.5 Å². The first-order valence-electron chi connectivity index (χ1n) is 7.23. The molecule has 0 bridgehead atoms. The minimum atomic E-state index is -0.583. The monoisotopic (exact) mass is 379 g/mol. The van der Waals surface area contributed by atoms with Crippen molar-refractivity contribution < 1.29 is 14.3 Å². The van der Waals surface area contributed by atoms with E-state index < -0.39 is 5.97 Å². The molecular weight excluding hydrogens is 366 g/mol. The van der Waals surface area contributed by atoms with Gasteiger partial charge in [0.15, 0.2) is 6.61 Å². The van der Waals surface area contributed by atoms with Crippen molar-refractivity contribution in [1.82, 2.24) is 5.32 Å². The Morgan fingerprint density at radius 2 is 2.04 bits per heavy atom. The lowest BCUT2D eigenvalue weighted by Crippen LogP contribution is -2.30. The second kappa shape index (κ2) is 7.34. The Balaban J connectivity index is 1.60. The van der Waals surface area contributed by atoms with E-state index in [1.165, 1.54) is 11.3 Å². The van der Waals surface area contributed by atoms with Gasteiger partial charge >= 0.3 is 5.97 Å². The Hall–Kier alpha value is -1.89. The first-order valence-corrected chi connectivity index (χ1v) is 9.30. The molecule has 0 saturated heterocycles. The molecule has 24 heavy (non-hydrogen) atoms. The van der Waals surface area contributed by atoms with Crippen molar-refractivity contribution in [2.24, 2.45) is 0 Å². The van der Waals surface area contributed by atoms with Gasteiger partial charge in [0.25, 0.3) is 5.91 Å². The summed E-state index contributed by atoms with van der Waals surface area (Å²) in [4.78, 5) is 25.5. The van der Waals surface area contributed by atoms with Crippen LogP contribution in [0.2, 0.25) is 5.02 Å². The molecule has 1 atom stereocenters. The van der Waals surface area contributed by atoms with Crippen LogP contribution in [0.25, 0.3) is 10.1 Å². The quantitative estimate of drug-likeness (QED) is 0.656. The van der Waals surface area contributed by atoms with Crippen molar-refractivity contribution in [3.63, 3.8) is 0 Å². The minimum absolute atomic E-state index is 0.121. The van der Waals surface area contributed by atoms with Crippen molar-refractivity contribution >= 4 is 56.2 Å². The number of fused-ring (bicyclic) bond motifs is 1. The Bertz CT molecular complexity index is 873. The molecule has 124 valence electrons. The molecule has 1 aromatic carbocycles. The van der Waals surface area contributed by atoms with Gasteiger partial charge in [0, 0.05) is 15.0 Å². The van der Waals surface area contributed by atoms with Gasteiger partial charge in [-0.05, 0) is 24.4 Å². The summed E-state index contributed by atoms with van der Waals surface area (Å²) >= 11 is 9.05. The summed E-state index contributed by atoms with van der Waals surface area (Å²) in [5.41, 5.74) is 0. The number of halogens is 1. The number of hydrogen-bond acceptors (Lipinski definition) is 5. The summed E-state index contributed by atoms with van der Waals surface area (Å²) in [7, 11) is 0. The summed E-state index contributed by atoms with van der Waals surface area (Å²) in [5.74, 6) is -0.929. The Kier molecular flexibility index (Phi) is 5.18. The normalized spacial score (nSPS) is 12.1. The van der Waals surface area contributed by atoms with Crippen molar-refractivity contribution in [3.8, 4) is 0 Å². The fraction of sp³-hybridized carbons (Fsp3) is 0.176. The molecule has 0 aliphatic rings. The number of hydrogen-bond donors (Lipinski definition) is 1. The molecule has 0 fully saturated rings. The van der Waals surface area contributed by atoms with E-state index in [4.69, 9.17) is 16.3 Å². The third-order valence-corrected chi connectivity index (χ3v) is 6.11. The highest BCUT2D eigenvalue weighted by molar-refractivity contribution is 7.21. The fourth-order valence-corrected chi connectivity index (χ4v) is 4.37. The van der Waals surface area contributed by atoms with Crippen LogP contribution in [0.5, 0.6) is 0 Å². The molecule has 4 nitrogen and oxygen atoms in total. The minimum Gasteiger partial charge on any atom is -0.451 e. The standard InChI is InChI=1S/C17H14ClNO3S2/c1-10(12-7-4-8-23-12)19-14(20)9-22-17(21)16-15(18)11-5-2-3-6-13(11)24-16/h2-8,10H,9H2,1H3,(H,19,20). The SMILES string of the molecule is CC(NC(=O)COC(=O)c1sc2ccccc2c1Cl)c1cccs1. The molecular formula is C17H14ClNO3S2. The van der Waals surface area contributed by atoms with E-state index in [2.05, 4.69) is 5.32 Å². The number of thiophene rings is 2. The average molecular weight is 380 g/mol. The van der Waals surface area contributed by atoms with E-state index in [1.807, 2.05) is 48.7 Å². The molecule has 2 aromatic heterocycles. The van der Waals surface area contributed by atoms with Gasteiger partial charge in [-0.3, -0.25) is 4.79 Å². The van der Waals surface area contributed by atoms with E-state index in [-0.39, 0.29) is 18.6 Å². The maximum absolute atomic E-state index is 12.2. The average Bonchev–Trinajstić information content (AvgIpc) is 3.21. The zero-order valence-electron chi connectivity index (χ0n) is 12.7. The topological polar surface area (TPSA) is 55.4 Å². The highest BCUT2D eigenvalue weighted by Crippen LogP contribution is 2.35. The van der Waals surface area contributed by atoms with E-state index >= 15 is 0 Å². The molecule has 1 N–H and O–H groups in total. The lowest BCUT2D eigenvalue weighted by atomic mass is 10.2. The van der Waals surface area contributed by atoms with E-state index in [9.17, 15) is 9.59 Å². The molecule has 3 aromatic rings. The van der Waals surface area contributed by atoms with Gasteiger partial charge in [0.05, 0.1) is 11.1 Å². The summed E-state index contributed by atoms with van der Waals surface area (Å²) in [6, 6.07) is 11.2. The third-order valence-electron chi connectivity index (χ3n) is 3.40. The zero-order chi connectivity index (χ0) is 17.1. The van der Waals surface area contributed by atoms with Crippen LogP contribution in [0, 0.1) is 0 Å². The maximum Gasteiger partial charge on any atom is 0.350 e. The first kappa shape index (κ1) is 17.0. The Morgan fingerprint density at radius 1 is 1.25 bits per heavy atom. The molecule has 0 radical (unpaired) electrons. The van der Waals surface area contributed by atoms with Gasteiger partial charge in [-0.2, -0.15) is 0 Å². The van der Waals surface area contributed by atoms with Crippen LogP contribution in [-0.2, 0) is 9.53 Å². The van der Waals surface area contributed by atoms with Crippen LogP contribution < -0.4 is 5.32 Å². The first-order chi connectivity index (χ1) is 11.6. The van der Waals surface area contributed by atoms with E-state index in [0.29, 0.717) is 9.90 Å². The van der Waals surface area contributed by atoms with Crippen LogP contribution in [0.15, 0.2) is 41.8 Å². The molecule has 1 amide bonds. The zero-order valence-corrected chi connectivity index (χ0v) is 15.1. The van der Waals surface area contributed by atoms with Crippen molar-refractivity contribution in [3.05, 3.63) is 56.6 Å². The highest BCUT2D eigenvalue weighted by Gasteiger charge is 2.19. The van der Waals surface area contributed by atoms with Crippen molar-refractivity contribution in [2.45, 2.75) is 13.0 Å². The lowest BCUT2D eigenvalue weighted by Gasteiger charge is -2.12. The Morgan fingerprint density at radius 3 is 2.75 bits per heavy atom. The van der Waals surface area contributed by atoms with Crippen LogP contribution in [0.4, 0.5) is 0 Å². The van der Waals surface area contributed by atoms with Crippen LogP contribution >= 0.6 is 34.3 Å². The van der Waals surface area contributed by atoms with Crippen molar-refractivity contribution in [1.29, 1.82) is 0 Å². The molecule has 3 rings (SSSR count). The summed E-state index contributed by atoms with van der Waals surface area (Å²) in [5, 5.41) is 5.92. The molecule has 0 spiro atoms. The fourth-order valence-electron chi connectivity index (χ4n) is 2.23. The van der Waals surface area contributed by atoms with Gasteiger partial charge in [-0.1, -0.05) is 35.9 Å². The number of esters is 1. The summed E-state index contributed by atoms with van der Waals surface area (Å²) in [6.45, 7) is 1.55. The summed E-state index contributed by atoms with van der Waals surface area (Å²) < 4.78 is 6.00. The highest BCUT2D eigenvalue weighted by atomic mass is 35.5. The molecule has 0 aliphatic heterocycles. The maximum atomic E-state index is 12.2. The third kappa shape index (κ3) is 3.61. The molecule has 7 heteroatoms. The number of carbonyl (C=O) groups excluding carboxylic acids is 2. The number of rotatable bonds is 5. The van der Waals surface area contributed by atoms with Gasteiger partial charge in [-0.15, -0.1) is 22.7 Å². The number of carbonyl (C=O) groups is 2. The molecule has 0 saturated carbocycles. The lowest BCUT2D eigenvalue weighted by molar-refractivity contribution is -0.124. The molecule has 1 unspecified atom stereocenters. The van der Waals surface area contributed by atoms with E-state index in [1.54, 1.807) is 11.3 Å². The number of amides is 1. The predicted molar refractivity (Wildman–Crippen MR) is 98.0 cm³/mol. The molecule has 0 aliphatic carbocycles. The van der Waals surface area contributed by atoms with Crippen LogP contribution in [0.1, 0.15) is 27.5 Å². The van der Waals surface area contributed by atoms with Gasteiger partial charge in [0.2, 0.25) is 0 Å². The molecule has 2 heterocycles. The second-order valence-electron chi connectivity index (χ2n) is 5.12. The number of nitrogens with one attached hydrogen (secondary N) is 1. The van der Waals surface area contributed by atoms with Gasteiger partial charge < -0.3 is 10.1 Å². The smallest absolute Gasteiger partial charge is 0.350 e. The van der Waals surface area contributed by atoms with Gasteiger partial charge in [0.1, 0.15) is 4.88 Å². The van der Waals surface area contributed by atoms with Crippen LogP contribution in [0.3, 0.4) is 0 Å². The predicted octanol–water partition coefficient (Wildman–Crippen LogP) is 4.65. The largest absolute Gasteiger partial charge is 0.451 e. The Labute approximate surface area is 152 Å². The number of benzene rings is 1. The van der Waals surface area contributed by atoms with Crippen molar-refractivity contribution in [2.75, 3.05) is 6.61 Å².